The van der Waals surface area contributed by atoms with E-state index in [4.69, 9.17) is 9.47 Å². The third-order valence-corrected chi connectivity index (χ3v) is 6.56. The van der Waals surface area contributed by atoms with Crippen molar-refractivity contribution in [1.29, 1.82) is 0 Å². The van der Waals surface area contributed by atoms with E-state index in [1.807, 2.05) is 13.8 Å². The first-order valence-electron chi connectivity index (χ1n) is 12.4. The van der Waals surface area contributed by atoms with Gasteiger partial charge in [0.15, 0.2) is 13.1 Å². The number of carbonyl (C=O) groups excluding carboxylic acids is 2. The smallest absolute Gasteiger partial charge is 0.361 e. The molecule has 0 heterocycles. The standard InChI is InChI=1S/C24H50N2O4.2BrH/c1-7-19-29-23(27)21-25(9-3,10-4)17-15-13-14-16-18-26(11-5,12-6)22-24(28)30-20-8-2;;/h7-22H2,1-6H3;2*1H/q+2;;/p-2. The molecule has 0 aromatic rings. The highest BCUT2D eigenvalue weighted by molar-refractivity contribution is 5.70. The fraction of sp³-hybridized carbons (Fsp3) is 0.917. The van der Waals surface area contributed by atoms with E-state index in [0.29, 0.717) is 26.3 Å². The van der Waals surface area contributed by atoms with E-state index < -0.39 is 0 Å². The minimum atomic E-state index is -0.0662. The van der Waals surface area contributed by atoms with Crippen LogP contribution in [0.3, 0.4) is 0 Å². The number of unbranched alkanes of at least 4 members (excludes halogenated alkanes) is 3. The van der Waals surface area contributed by atoms with Crippen molar-refractivity contribution in [2.45, 2.75) is 80.1 Å². The Hall–Kier alpha value is -0.180. The zero-order chi connectivity index (χ0) is 22.9. The fourth-order valence-corrected chi connectivity index (χ4v) is 4.00. The molecule has 194 valence electrons. The topological polar surface area (TPSA) is 52.6 Å². The number of likely N-dealkylation sites (N-methyl/N-ethyl adjacent to an activating group) is 2. The summed E-state index contributed by atoms with van der Waals surface area (Å²) in [6.07, 6.45) is 6.32. The number of esters is 2. The van der Waals surface area contributed by atoms with Crippen LogP contribution in [0.1, 0.15) is 80.1 Å². The van der Waals surface area contributed by atoms with E-state index in [0.717, 1.165) is 86.8 Å². The first-order chi connectivity index (χ1) is 14.4. The lowest BCUT2D eigenvalue weighted by Gasteiger charge is -2.36. The van der Waals surface area contributed by atoms with Crippen molar-refractivity contribution in [2.24, 2.45) is 0 Å². The highest BCUT2D eigenvalue weighted by Gasteiger charge is 2.28. The summed E-state index contributed by atoms with van der Waals surface area (Å²) in [4.78, 5) is 24.2. The molecule has 0 N–H and O–H groups in total. The summed E-state index contributed by atoms with van der Waals surface area (Å²) in [7, 11) is 0. The van der Waals surface area contributed by atoms with E-state index in [-0.39, 0.29) is 45.9 Å². The average Bonchev–Trinajstić information content (AvgIpc) is 2.76. The summed E-state index contributed by atoms with van der Waals surface area (Å²) in [5, 5.41) is 0. The predicted octanol–water partition coefficient (Wildman–Crippen LogP) is -1.83. The van der Waals surface area contributed by atoms with Crippen LogP contribution in [0.5, 0.6) is 0 Å². The van der Waals surface area contributed by atoms with Gasteiger partial charge in [0.25, 0.3) is 0 Å². The van der Waals surface area contributed by atoms with Gasteiger partial charge in [-0.2, -0.15) is 0 Å². The summed E-state index contributed by atoms with van der Waals surface area (Å²) in [6.45, 7) is 20.6. The van der Waals surface area contributed by atoms with Gasteiger partial charge in [0.1, 0.15) is 0 Å². The molecule has 6 nitrogen and oxygen atoms in total. The van der Waals surface area contributed by atoms with Crippen LogP contribution >= 0.6 is 0 Å². The zero-order valence-corrected chi connectivity index (χ0v) is 24.8. The fourth-order valence-electron chi connectivity index (χ4n) is 4.00. The van der Waals surface area contributed by atoms with E-state index in [1.54, 1.807) is 0 Å². The van der Waals surface area contributed by atoms with Gasteiger partial charge >= 0.3 is 11.9 Å². The lowest BCUT2D eigenvalue weighted by Crippen LogP contribution is -3.00. The van der Waals surface area contributed by atoms with Crippen LogP contribution in [-0.2, 0) is 19.1 Å². The first-order valence-corrected chi connectivity index (χ1v) is 12.4. The first kappa shape index (κ1) is 36.4. The molecular weight excluding hydrogens is 540 g/mol. The summed E-state index contributed by atoms with van der Waals surface area (Å²) in [6, 6.07) is 0. The second kappa shape index (κ2) is 21.4. The van der Waals surface area contributed by atoms with E-state index in [9.17, 15) is 9.59 Å². The molecular formula is C24H50Br2N2O4. The number of nitrogens with zero attached hydrogens (tertiary/aromatic N) is 2. The number of carbonyl (C=O) groups is 2. The quantitative estimate of drug-likeness (QED) is 0.101. The maximum absolute atomic E-state index is 12.1. The van der Waals surface area contributed by atoms with Gasteiger partial charge in [-0.25, -0.2) is 9.59 Å². The molecule has 0 aliphatic heterocycles. The largest absolute Gasteiger partial charge is 1.00 e. The molecule has 0 aromatic carbocycles. The predicted molar refractivity (Wildman–Crippen MR) is 123 cm³/mol. The van der Waals surface area contributed by atoms with E-state index >= 15 is 0 Å². The van der Waals surface area contributed by atoms with Crippen molar-refractivity contribution < 1.29 is 62.0 Å². The second-order valence-corrected chi connectivity index (χ2v) is 8.57. The number of hydrogen-bond donors (Lipinski definition) is 0. The Morgan fingerprint density at radius 2 is 0.875 bits per heavy atom. The van der Waals surface area contributed by atoms with Gasteiger partial charge in [0, 0.05) is 0 Å². The molecule has 0 amide bonds. The Morgan fingerprint density at radius 3 is 1.12 bits per heavy atom. The number of hydrogen-bond acceptors (Lipinski definition) is 4. The minimum Gasteiger partial charge on any atom is -1.00 e. The van der Waals surface area contributed by atoms with Crippen LogP contribution in [-0.4, -0.2) is 86.5 Å². The molecule has 8 heteroatoms. The molecule has 0 radical (unpaired) electrons. The molecule has 0 rings (SSSR count). The summed E-state index contributed by atoms with van der Waals surface area (Å²) < 4.78 is 12.3. The van der Waals surface area contributed by atoms with Gasteiger partial charge in [0.2, 0.25) is 0 Å². The molecule has 0 saturated carbocycles. The number of quaternary nitrogens is 2. The molecule has 0 spiro atoms. The van der Waals surface area contributed by atoms with Gasteiger partial charge in [-0.1, -0.05) is 13.8 Å². The maximum atomic E-state index is 12.1. The Bertz CT molecular complexity index is 429. The maximum Gasteiger partial charge on any atom is 0.361 e. The highest BCUT2D eigenvalue weighted by atomic mass is 79.9. The van der Waals surface area contributed by atoms with E-state index in [2.05, 4.69) is 27.7 Å². The summed E-state index contributed by atoms with van der Waals surface area (Å²) in [5.74, 6) is -0.132. The molecule has 0 bridgehead atoms. The molecule has 0 fully saturated rings. The van der Waals surface area contributed by atoms with Crippen molar-refractivity contribution in [3.63, 3.8) is 0 Å². The van der Waals surface area contributed by atoms with Crippen molar-refractivity contribution in [3.05, 3.63) is 0 Å². The molecule has 0 saturated heterocycles. The lowest BCUT2D eigenvalue weighted by molar-refractivity contribution is -0.919. The van der Waals surface area contributed by atoms with Crippen LogP contribution in [0.15, 0.2) is 0 Å². The van der Waals surface area contributed by atoms with Crippen molar-refractivity contribution in [3.8, 4) is 0 Å². The molecule has 0 unspecified atom stereocenters. The molecule has 32 heavy (non-hydrogen) atoms. The van der Waals surface area contributed by atoms with Crippen LogP contribution in [0.25, 0.3) is 0 Å². The van der Waals surface area contributed by atoms with Gasteiger partial charge < -0.3 is 52.4 Å². The SMILES string of the molecule is CCCOC(=O)C[N+](CC)(CC)CCCCCC[N+](CC)(CC)CC(=O)OCCC.[Br-].[Br-]. The summed E-state index contributed by atoms with van der Waals surface area (Å²) in [5.41, 5.74) is 0. The van der Waals surface area contributed by atoms with Gasteiger partial charge in [-0.15, -0.1) is 0 Å². The van der Waals surface area contributed by atoms with Crippen LogP contribution in [0.2, 0.25) is 0 Å². The second-order valence-electron chi connectivity index (χ2n) is 8.57. The Kier molecular flexibility index (Phi) is 24.3. The van der Waals surface area contributed by atoms with Crippen molar-refractivity contribution in [1.82, 2.24) is 0 Å². The van der Waals surface area contributed by atoms with Gasteiger partial charge in [-0.05, 0) is 66.2 Å². The molecule has 0 aliphatic rings. The van der Waals surface area contributed by atoms with Crippen LogP contribution in [0, 0.1) is 0 Å². The van der Waals surface area contributed by atoms with Crippen molar-refractivity contribution >= 4 is 11.9 Å². The minimum absolute atomic E-state index is 0. The van der Waals surface area contributed by atoms with Crippen LogP contribution in [0.4, 0.5) is 0 Å². The monoisotopic (exact) mass is 588 g/mol. The normalized spacial score (nSPS) is 11.3. The van der Waals surface area contributed by atoms with E-state index in [1.165, 1.54) is 0 Å². The summed E-state index contributed by atoms with van der Waals surface area (Å²) >= 11 is 0. The Labute approximate surface area is 219 Å². The Balaban J connectivity index is -0.00000420. The highest BCUT2D eigenvalue weighted by Crippen LogP contribution is 2.14. The number of halogens is 2. The van der Waals surface area contributed by atoms with Gasteiger partial charge in [-0.3, -0.25) is 0 Å². The van der Waals surface area contributed by atoms with Gasteiger partial charge in [0.05, 0.1) is 52.5 Å². The average molecular weight is 590 g/mol. The molecule has 0 atom stereocenters. The Morgan fingerprint density at radius 1 is 0.562 bits per heavy atom. The third kappa shape index (κ3) is 14.9. The number of rotatable bonds is 19. The van der Waals surface area contributed by atoms with Crippen LogP contribution < -0.4 is 34.0 Å². The lowest BCUT2D eigenvalue weighted by atomic mass is 10.1. The zero-order valence-electron chi connectivity index (χ0n) is 21.6. The van der Waals surface area contributed by atoms with Crippen molar-refractivity contribution in [2.75, 3.05) is 65.6 Å². The third-order valence-electron chi connectivity index (χ3n) is 6.56. The molecule has 0 aromatic heterocycles. The number of ether oxygens (including phenoxy) is 2. The molecule has 0 aliphatic carbocycles.